The predicted molar refractivity (Wildman–Crippen MR) is 101 cm³/mol. The van der Waals surface area contributed by atoms with Crippen LogP contribution in [0, 0.1) is 0 Å². The number of aromatic carboxylic acids is 1. The van der Waals surface area contributed by atoms with Gasteiger partial charge in [0, 0.05) is 17.3 Å². The molecule has 1 aromatic carbocycles. The number of carboxylic acid groups (broad SMARTS) is 1. The van der Waals surface area contributed by atoms with Gasteiger partial charge in [-0.3, -0.25) is 4.79 Å². The standard InChI is InChI=1S/C21H29NO3/c1-2-3-4-5-6-7-8-9-10-15-18(23)19-16-13-11-12-14-17(16)22-20(19)21(24)25/h11-14,22H,2-10,15H2,1H3,(H,24,25). The summed E-state index contributed by atoms with van der Waals surface area (Å²) in [6.45, 7) is 2.22. The molecule has 1 aromatic heterocycles. The van der Waals surface area contributed by atoms with E-state index in [-0.39, 0.29) is 11.5 Å². The lowest BCUT2D eigenvalue weighted by Gasteiger charge is -2.03. The summed E-state index contributed by atoms with van der Waals surface area (Å²) in [6.07, 6.45) is 11.2. The lowest BCUT2D eigenvalue weighted by Crippen LogP contribution is -2.07. The van der Waals surface area contributed by atoms with E-state index in [0.29, 0.717) is 22.9 Å². The Balaban J connectivity index is 1.82. The maximum atomic E-state index is 12.6. The molecule has 0 saturated heterocycles. The third-order valence-electron chi connectivity index (χ3n) is 4.71. The van der Waals surface area contributed by atoms with Gasteiger partial charge in [0.25, 0.3) is 0 Å². The molecule has 0 bridgehead atoms. The van der Waals surface area contributed by atoms with Crippen LogP contribution in [0.2, 0.25) is 0 Å². The maximum Gasteiger partial charge on any atom is 0.353 e. The van der Waals surface area contributed by atoms with Gasteiger partial charge in [-0.1, -0.05) is 76.5 Å². The molecule has 2 N–H and O–H groups in total. The molecule has 25 heavy (non-hydrogen) atoms. The van der Waals surface area contributed by atoms with Crippen LogP contribution in [0.5, 0.6) is 0 Å². The lowest BCUT2D eigenvalue weighted by atomic mass is 10.0. The van der Waals surface area contributed by atoms with E-state index in [4.69, 9.17) is 0 Å². The molecule has 0 atom stereocenters. The van der Waals surface area contributed by atoms with E-state index in [9.17, 15) is 14.7 Å². The number of aromatic amines is 1. The first kappa shape index (κ1) is 19.2. The fraction of sp³-hybridized carbons (Fsp3) is 0.524. The quantitative estimate of drug-likeness (QED) is 0.368. The van der Waals surface area contributed by atoms with E-state index < -0.39 is 5.97 Å². The number of aromatic nitrogens is 1. The minimum Gasteiger partial charge on any atom is -0.477 e. The number of hydrogen-bond donors (Lipinski definition) is 2. The highest BCUT2D eigenvalue weighted by Gasteiger charge is 2.21. The maximum absolute atomic E-state index is 12.6. The molecule has 1 heterocycles. The molecule has 0 aliphatic rings. The van der Waals surface area contributed by atoms with Crippen LogP contribution in [0.3, 0.4) is 0 Å². The summed E-state index contributed by atoms with van der Waals surface area (Å²) >= 11 is 0. The Morgan fingerprint density at radius 2 is 1.52 bits per heavy atom. The summed E-state index contributed by atoms with van der Waals surface area (Å²) in [5.74, 6) is -1.15. The zero-order chi connectivity index (χ0) is 18.1. The van der Waals surface area contributed by atoms with Gasteiger partial charge in [-0.25, -0.2) is 4.79 Å². The molecule has 0 saturated carbocycles. The first-order chi connectivity index (χ1) is 12.1. The highest BCUT2D eigenvalue weighted by atomic mass is 16.4. The number of fused-ring (bicyclic) bond motifs is 1. The van der Waals surface area contributed by atoms with Gasteiger partial charge in [0.1, 0.15) is 5.69 Å². The van der Waals surface area contributed by atoms with E-state index in [1.165, 1.54) is 38.5 Å². The number of benzene rings is 1. The van der Waals surface area contributed by atoms with Crippen molar-refractivity contribution in [3.63, 3.8) is 0 Å². The van der Waals surface area contributed by atoms with Crippen LogP contribution in [-0.4, -0.2) is 21.8 Å². The third-order valence-corrected chi connectivity index (χ3v) is 4.71. The molecule has 0 aliphatic heterocycles. The van der Waals surface area contributed by atoms with E-state index in [2.05, 4.69) is 11.9 Å². The second-order valence-electron chi connectivity index (χ2n) is 6.73. The molecular formula is C21H29NO3. The van der Waals surface area contributed by atoms with Crippen molar-refractivity contribution in [2.24, 2.45) is 0 Å². The number of H-pyrrole nitrogens is 1. The topological polar surface area (TPSA) is 70.2 Å². The first-order valence-electron chi connectivity index (χ1n) is 9.52. The van der Waals surface area contributed by atoms with E-state index in [1.54, 1.807) is 6.07 Å². The molecule has 136 valence electrons. The molecule has 0 unspecified atom stereocenters. The molecule has 4 nitrogen and oxygen atoms in total. The van der Waals surface area contributed by atoms with Crippen LogP contribution >= 0.6 is 0 Å². The van der Waals surface area contributed by atoms with Crippen molar-refractivity contribution >= 4 is 22.7 Å². The van der Waals surface area contributed by atoms with Crippen molar-refractivity contribution in [2.45, 2.75) is 71.1 Å². The van der Waals surface area contributed by atoms with Crippen LogP contribution in [0.15, 0.2) is 24.3 Å². The molecular weight excluding hydrogens is 314 g/mol. The number of ketones is 1. The summed E-state index contributed by atoms with van der Waals surface area (Å²) in [7, 11) is 0. The fourth-order valence-electron chi connectivity index (χ4n) is 3.31. The molecule has 0 spiro atoms. The van der Waals surface area contributed by atoms with Crippen LogP contribution < -0.4 is 0 Å². The number of unbranched alkanes of at least 4 members (excludes halogenated alkanes) is 8. The molecule has 0 radical (unpaired) electrons. The Bertz CT molecular complexity index is 702. The summed E-state index contributed by atoms with van der Waals surface area (Å²) in [6, 6.07) is 7.27. The van der Waals surface area contributed by atoms with Crippen LogP contribution in [0.1, 0.15) is 92.0 Å². The van der Waals surface area contributed by atoms with Crippen molar-refractivity contribution in [2.75, 3.05) is 0 Å². The Morgan fingerprint density at radius 3 is 2.16 bits per heavy atom. The SMILES string of the molecule is CCCCCCCCCCCC(=O)c1c(C(=O)O)[nH]c2ccccc12. The van der Waals surface area contributed by atoms with Gasteiger partial charge in [-0.05, 0) is 12.5 Å². The molecule has 0 fully saturated rings. The van der Waals surface area contributed by atoms with Crippen LogP contribution in [0.4, 0.5) is 0 Å². The Hall–Kier alpha value is -2.10. The van der Waals surface area contributed by atoms with Gasteiger partial charge in [-0.15, -0.1) is 0 Å². The number of para-hydroxylation sites is 1. The first-order valence-corrected chi connectivity index (χ1v) is 9.52. The monoisotopic (exact) mass is 343 g/mol. The number of hydrogen-bond acceptors (Lipinski definition) is 2. The van der Waals surface area contributed by atoms with Crippen LogP contribution in [-0.2, 0) is 0 Å². The number of carboxylic acids is 1. The van der Waals surface area contributed by atoms with E-state index in [1.807, 2.05) is 18.2 Å². The third kappa shape index (κ3) is 5.45. The largest absolute Gasteiger partial charge is 0.477 e. The Morgan fingerprint density at radius 1 is 0.920 bits per heavy atom. The van der Waals surface area contributed by atoms with Crippen molar-refractivity contribution in [1.82, 2.24) is 4.98 Å². The Kier molecular flexibility index (Phi) is 7.71. The van der Waals surface area contributed by atoms with Crippen LogP contribution in [0.25, 0.3) is 10.9 Å². The molecule has 2 rings (SSSR count). The number of nitrogens with one attached hydrogen (secondary N) is 1. The van der Waals surface area contributed by atoms with E-state index >= 15 is 0 Å². The number of Topliss-reactive ketones (excluding diaryl/α,β-unsaturated/α-hetero) is 1. The van der Waals surface area contributed by atoms with Crippen molar-refractivity contribution in [3.8, 4) is 0 Å². The normalized spacial score (nSPS) is 11.1. The van der Waals surface area contributed by atoms with Gasteiger partial charge >= 0.3 is 5.97 Å². The summed E-state index contributed by atoms with van der Waals surface area (Å²) in [5, 5.41) is 10.1. The average molecular weight is 343 g/mol. The second kappa shape index (κ2) is 10.0. The van der Waals surface area contributed by atoms with Gasteiger partial charge in [0.05, 0.1) is 5.56 Å². The van der Waals surface area contributed by atoms with Gasteiger partial charge < -0.3 is 10.1 Å². The number of carbonyl (C=O) groups is 2. The molecule has 4 heteroatoms. The zero-order valence-electron chi connectivity index (χ0n) is 15.1. The minimum absolute atomic E-state index is 0.0159. The molecule has 0 amide bonds. The average Bonchev–Trinajstić information content (AvgIpc) is 3.00. The van der Waals surface area contributed by atoms with Gasteiger partial charge in [0.2, 0.25) is 0 Å². The lowest BCUT2D eigenvalue weighted by molar-refractivity contribution is 0.0686. The van der Waals surface area contributed by atoms with Crippen molar-refractivity contribution < 1.29 is 14.7 Å². The fourth-order valence-corrected chi connectivity index (χ4v) is 3.31. The Labute approximate surface area is 149 Å². The number of rotatable bonds is 12. The molecule has 2 aromatic rings. The van der Waals surface area contributed by atoms with Crippen molar-refractivity contribution in [1.29, 1.82) is 0 Å². The van der Waals surface area contributed by atoms with Crippen molar-refractivity contribution in [3.05, 3.63) is 35.5 Å². The van der Waals surface area contributed by atoms with E-state index in [0.717, 1.165) is 19.3 Å². The highest BCUT2D eigenvalue weighted by molar-refractivity contribution is 6.14. The highest BCUT2D eigenvalue weighted by Crippen LogP contribution is 2.24. The second-order valence-corrected chi connectivity index (χ2v) is 6.73. The predicted octanol–water partition coefficient (Wildman–Crippen LogP) is 5.97. The smallest absolute Gasteiger partial charge is 0.353 e. The minimum atomic E-state index is -1.08. The summed E-state index contributed by atoms with van der Waals surface area (Å²) in [4.78, 5) is 26.9. The molecule has 0 aliphatic carbocycles. The summed E-state index contributed by atoms with van der Waals surface area (Å²) < 4.78 is 0. The number of carbonyl (C=O) groups excluding carboxylic acids is 1. The zero-order valence-corrected chi connectivity index (χ0v) is 15.1. The van der Waals surface area contributed by atoms with Gasteiger partial charge in [-0.2, -0.15) is 0 Å². The summed E-state index contributed by atoms with van der Waals surface area (Å²) in [5.41, 5.74) is 1.06. The van der Waals surface area contributed by atoms with Gasteiger partial charge in [0.15, 0.2) is 5.78 Å².